The van der Waals surface area contributed by atoms with E-state index < -0.39 is 0 Å². The number of hydrogen-bond acceptors (Lipinski definition) is 1. The van der Waals surface area contributed by atoms with E-state index in [0.717, 1.165) is 11.8 Å². The van der Waals surface area contributed by atoms with Gasteiger partial charge in [-0.05, 0) is 45.4 Å². The van der Waals surface area contributed by atoms with Crippen LogP contribution in [0.1, 0.15) is 46.5 Å². The van der Waals surface area contributed by atoms with Crippen molar-refractivity contribution in [3.05, 3.63) is 0 Å². The summed E-state index contributed by atoms with van der Waals surface area (Å²) in [5.41, 5.74) is -0.0666. The molecule has 0 aromatic rings. The first kappa shape index (κ1) is 10.0. The molecule has 1 amide bonds. The third-order valence-electron chi connectivity index (χ3n) is 3.46. The summed E-state index contributed by atoms with van der Waals surface area (Å²) in [6.45, 7) is 6.16. The number of hydrogen-bond donors (Lipinski definition) is 1. The molecule has 2 heteroatoms. The lowest BCUT2D eigenvalue weighted by Gasteiger charge is -2.20. The van der Waals surface area contributed by atoms with Crippen LogP contribution in [0.5, 0.6) is 0 Å². The zero-order valence-corrected chi connectivity index (χ0v) is 9.47. The van der Waals surface area contributed by atoms with E-state index in [2.05, 4.69) is 26.1 Å². The van der Waals surface area contributed by atoms with Crippen LogP contribution >= 0.6 is 0 Å². The van der Waals surface area contributed by atoms with Gasteiger partial charge >= 0.3 is 0 Å². The monoisotopic (exact) mass is 195 g/mol. The van der Waals surface area contributed by atoms with E-state index in [9.17, 15) is 4.79 Å². The Bertz CT molecular complexity index is 229. The molecule has 2 nitrogen and oxygen atoms in total. The van der Waals surface area contributed by atoms with Gasteiger partial charge in [0, 0.05) is 11.5 Å². The molecule has 0 aromatic heterocycles. The Morgan fingerprint density at radius 3 is 2.07 bits per heavy atom. The standard InChI is InChI=1S/C12H21NO/c1-12(2,3)13-11(14)10-8-6-4-5-7-9(8)10/h8-10H,4-7H2,1-3H3,(H,13,14)/t8-,9-/m1/s1. The highest BCUT2D eigenvalue weighted by Gasteiger charge is 2.54. The van der Waals surface area contributed by atoms with Crippen LogP contribution in [0.2, 0.25) is 0 Å². The summed E-state index contributed by atoms with van der Waals surface area (Å²) < 4.78 is 0. The molecular weight excluding hydrogens is 174 g/mol. The average Bonchev–Trinajstić information content (AvgIpc) is 2.73. The molecule has 0 saturated heterocycles. The molecule has 2 aliphatic carbocycles. The predicted molar refractivity (Wildman–Crippen MR) is 56.8 cm³/mol. The fraction of sp³-hybridized carbons (Fsp3) is 0.917. The fourth-order valence-electron chi connectivity index (χ4n) is 2.83. The molecule has 2 atom stereocenters. The Morgan fingerprint density at radius 1 is 1.14 bits per heavy atom. The van der Waals surface area contributed by atoms with Crippen molar-refractivity contribution in [1.29, 1.82) is 0 Å². The van der Waals surface area contributed by atoms with Gasteiger partial charge in [-0.15, -0.1) is 0 Å². The van der Waals surface area contributed by atoms with Gasteiger partial charge < -0.3 is 5.32 Å². The van der Waals surface area contributed by atoms with Crippen LogP contribution in [0, 0.1) is 17.8 Å². The summed E-state index contributed by atoms with van der Waals surface area (Å²) in [5, 5.41) is 3.10. The molecular formula is C12H21NO. The number of carbonyl (C=O) groups excluding carboxylic acids is 1. The molecule has 0 aliphatic heterocycles. The van der Waals surface area contributed by atoms with Gasteiger partial charge in [0.1, 0.15) is 0 Å². The Kier molecular flexibility index (Phi) is 2.32. The molecule has 0 bridgehead atoms. The molecule has 2 aliphatic rings. The highest BCUT2D eigenvalue weighted by Crippen LogP contribution is 2.55. The highest BCUT2D eigenvalue weighted by molar-refractivity contribution is 5.82. The quantitative estimate of drug-likeness (QED) is 0.683. The Morgan fingerprint density at radius 2 is 1.64 bits per heavy atom. The van der Waals surface area contributed by atoms with Gasteiger partial charge in [0.05, 0.1) is 0 Å². The van der Waals surface area contributed by atoms with Crippen molar-refractivity contribution in [3.8, 4) is 0 Å². The van der Waals surface area contributed by atoms with E-state index in [1.807, 2.05) is 0 Å². The van der Waals surface area contributed by atoms with Crippen LogP contribution in [0.4, 0.5) is 0 Å². The molecule has 0 radical (unpaired) electrons. The first-order valence-corrected chi connectivity index (χ1v) is 5.81. The lowest BCUT2D eigenvalue weighted by atomic mass is 10.0. The third kappa shape index (κ3) is 1.94. The fourth-order valence-corrected chi connectivity index (χ4v) is 2.83. The zero-order chi connectivity index (χ0) is 10.3. The van der Waals surface area contributed by atoms with Crippen molar-refractivity contribution in [2.75, 3.05) is 0 Å². The van der Waals surface area contributed by atoms with E-state index in [1.54, 1.807) is 0 Å². The van der Waals surface area contributed by atoms with E-state index in [4.69, 9.17) is 0 Å². The normalized spacial score (nSPS) is 36.1. The van der Waals surface area contributed by atoms with Gasteiger partial charge in [0.25, 0.3) is 0 Å². The van der Waals surface area contributed by atoms with Crippen LogP contribution in [0.25, 0.3) is 0 Å². The van der Waals surface area contributed by atoms with Crippen LogP contribution < -0.4 is 5.32 Å². The molecule has 0 spiro atoms. The number of fused-ring (bicyclic) bond motifs is 1. The van der Waals surface area contributed by atoms with Crippen molar-refractivity contribution in [1.82, 2.24) is 5.32 Å². The first-order chi connectivity index (χ1) is 6.49. The second kappa shape index (κ2) is 3.25. The largest absolute Gasteiger partial charge is 0.351 e. The maximum Gasteiger partial charge on any atom is 0.224 e. The summed E-state index contributed by atoms with van der Waals surface area (Å²) in [6.07, 6.45) is 5.24. The van der Waals surface area contributed by atoms with Crippen molar-refractivity contribution in [3.63, 3.8) is 0 Å². The van der Waals surface area contributed by atoms with Gasteiger partial charge in [0.15, 0.2) is 0 Å². The highest BCUT2D eigenvalue weighted by atomic mass is 16.2. The van der Waals surface area contributed by atoms with Crippen LogP contribution in [0.15, 0.2) is 0 Å². The maximum absolute atomic E-state index is 11.9. The van der Waals surface area contributed by atoms with E-state index in [1.165, 1.54) is 25.7 Å². The van der Waals surface area contributed by atoms with E-state index >= 15 is 0 Å². The molecule has 2 fully saturated rings. The van der Waals surface area contributed by atoms with Crippen molar-refractivity contribution in [2.24, 2.45) is 17.8 Å². The molecule has 14 heavy (non-hydrogen) atoms. The minimum atomic E-state index is -0.0666. The summed E-state index contributed by atoms with van der Waals surface area (Å²) in [4.78, 5) is 11.9. The molecule has 1 N–H and O–H groups in total. The number of amides is 1. The zero-order valence-electron chi connectivity index (χ0n) is 9.47. The van der Waals surface area contributed by atoms with Crippen molar-refractivity contribution < 1.29 is 4.79 Å². The molecule has 80 valence electrons. The van der Waals surface area contributed by atoms with Gasteiger partial charge in [-0.2, -0.15) is 0 Å². The summed E-state index contributed by atoms with van der Waals surface area (Å²) >= 11 is 0. The summed E-state index contributed by atoms with van der Waals surface area (Å²) in [6, 6.07) is 0. The van der Waals surface area contributed by atoms with Crippen LogP contribution in [-0.4, -0.2) is 11.4 Å². The summed E-state index contributed by atoms with van der Waals surface area (Å²) in [7, 11) is 0. The number of carbonyl (C=O) groups is 1. The third-order valence-corrected chi connectivity index (χ3v) is 3.46. The van der Waals surface area contributed by atoms with Crippen molar-refractivity contribution in [2.45, 2.75) is 52.0 Å². The second-order valence-electron chi connectivity index (χ2n) is 5.88. The number of rotatable bonds is 1. The van der Waals surface area contributed by atoms with E-state index in [-0.39, 0.29) is 5.54 Å². The van der Waals surface area contributed by atoms with Gasteiger partial charge in [-0.3, -0.25) is 4.79 Å². The Hall–Kier alpha value is -0.530. The van der Waals surface area contributed by atoms with Gasteiger partial charge in [-0.1, -0.05) is 12.8 Å². The molecule has 2 saturated carbocycles. The minimum Gasteiger partial charge on any atom is -0.351 e. The van der Waals surface area contributed by atoms with Gasteiger partial charge in [-0.25, -0.2) is 0 Å². The van der Waals surface area contributed by atoms with Crippen molar-refractivity contribution >= 4 is 5.91 Å². The summed E-state index contributed by atoms with van der Waals surface area (Å²) in [5.74, 6) is 2.11. The van der Waals surface area contributed by atoms with E-state index in [0.29, 0.717) is 11.8 Å². The average molecular weight is 195 g/mol. The number of nitrogens with one attached hydrogen (secondary N) is 1. The lowest BCUT2D eigenvalue weighted by molar-refractivity contribution is -0.124. The van der Waals surface area contributed by atoms with Gasteiger partial charge in [0.2, 0.25) is 5.91 Å². The maximum atomic E-state index is 11.9. The smallest absolute Gasteiger partial charge is 0.224 e. The first-order valence-electron chi connectivity index (χ1n) is 5.81. The Labute approximate surface area is 86.5 Å². The SMILES string of the molecule is CC(C)(C)NC(=O)C1[C@@H]2CCCC[C@@H]12. The molecule has 0 aromatic carbocycles. The van der Waals surface area contributed by atoms with Crippen LogP contribution in [0.3, 0.4) is 0 Å². The second-order valence-corrected chi connectivity index (χ2v) is 5.88. The molecule has 0 heterocycles. The lowest BCUT2D eigenvalue weighted by Crippen LogP contribution is -2.41. The molecule has 0 unspecified atom stereocenters. The predicted octanol–water partition coefficient (Wildman–Crippen LogP) is 2.34. The molecule has 2 rings (SSSR count). The van der Waals surface area contributed by atoms with Crippen LogP contribution in [-0.2, 0) is 4.79 Å². The Balaban J connectivity index is 1.88. The topological polar surface area (TPSA) is 29.1 Å². The minimum absolute atomic E-state index is 0.0666.